The van der Waals surface area contributed by atoms with Crippen LogP contribution in [0.3, 0.4) is 0 Å². The number of thioether (sulfide) groups is 1. The highest BCUT2D eigenvalue weighted by Gasteiger charge is 2.26. The Morgan fingerprint density at radius 2 is 2.18 bits per heavy atom. The summed E-state index contributed by atoms with van der Waals surface area (Å²) in [6.45, 7) is 7.92. The van der Waals surface area contributed by atoms with Crippen LogP contribution in [-0.2, 0) is 4.79 Å². The lowest BCUT2D eigenvalue weighted by Gasteiger charge is -2.35. The van der Waals surface area contributed by atoms with Crippen LogP contribution in [0.1, 0.15) is 40.0 Å². The fourth-order valence-electron chi connectivity index (χ4n) is 2.49. The molecule has 1 atom stereocenters. The van der Waals surface area contributed by atoms with E-state index >= 15 is 0 Å². The molecule has 0 aliphatic carbocycles. The normalized spacial score (nSPS) is 25.7. The molecule has 2 aliphatic rings. The number of hydrogen-bond donors (Lipinski definition) is 0. The van der Waals surface area contributed by atoms with Crippen LogP contribution in [-0.4, -0.2) is 40.7 Å². The van der Waals surface area contributed by atoms with E-state index in [0.29, 0.717) is 18.5 Å². The molecule has 0 aromatic rings. The van der Waals surface area contributed by atoms with Crippen molar-refractivity contribution in [2.75, 3.05) is 19.0 Å². The number of likely N-dealkylation sites (tertiary alicyclic amines) is 1. The van der Waals surface area contributed by atoms with Gasteiger partial charge in [0.2, 0.25) is 5.91 Å². The maximum Gasteiger partial charge on any atom is 0.242 e. The number of rotatable bonds is 2. The number of hydrogen-bond acceptors (Lipinski definition) is 3. The quantitative estimate of drug-likeness (QED) is 0.757. The van der Waals surface area contributed by atoms with Crippen LogP contribution in [0.2, 0.25) is 0 Å². The molecule has 4 heteroatoms. The molecule has 2 heterocycles. The van der Waals surface area contributed by atoms with Gasteiger partial charge < -0.3 is 9.80 Å². The summed E-state index contributed by atoms with van der Waals surface area (Å²) in [4.78, 5) is 17.9. The third kappa shape index (κ3) is 2.79. The van der Waals surface area contributed by atoms with Crippen LogP contribution in [0.25, 0.3) is 0 Å². The Kier molecular flexibility index (Phi) is 4.02. The maximum absolute atomic E-state index is 12.3. The van der Waals surface area contributed by atoms with E-state index in [1.54, 1.807) is 0 Å². The summed E-state index contributed by atoms with van der Waals surface area (Å²) in [6.07, 6.45) is 3.59. The fraction of sp³-hybridized carbons (Fsp3) is 0.769. The average Bonchev–Trinajstić information content (AvgIpc) is 2.61. The van der Waals surface area contributed by atoms with Crippen LogP contribution >= 0.6 is 11.8 Å². The molecule has 2 aliphatic heterocycles. The van der Waals surface area contributed by atoms with E-state index in [1.807, 2.05) is 11.8 Å². The second-order valence-corrected chi connectivity index (χ2v) is 6.20. The summed E-state index contributed by atoms with van der Waals surface area (Å²) in [5.74, 6) is 1.23. The lowest BCUT2D eigenvalue weighted by Crippen LogP contribution is -2.46. The van der Waals surface area contributed by atoms with Gasteiger partial charge in [-0.15, -0.1) is 11.8 Å². The second-order valence-electron chi connectivity index (χ2n) is 5.04. The molecule has 2 rings (SSSR count). The molecule has 0 saturated carbocycles. The molecule has 1 amide bonds. The van der Waals surface area contributed by atoms with Crippen molar-refractivity contribution in [3.05, 3.63) is 10.6 Å². The van der Waals surface area contributed by atoms with Gasteiger partial charge in [0.05, 0.1) is 12.4 Å². The van der Waals surface area contributed by atoms with Crippen molar-refractivity contribution in [2.24, 2.45) is 0 Å². The molecular weight excluding hydrogens is 232 g/mol. The Morgan fingerprint density at radius 3 is 2.76 bits per heavy atom. The van der Waals surface area contributed by atoms with Crippen molar-refractivity contribution >= 4 is 17.7 Å². The van der Waals surface area contributed by atoms with E-state index in [4.69, 9.17) is 0 Å². The molecule has 0 radical (unpaired) electrons. The van der Waals surface area contributed by atoms with Gasteiger partial charge in [-0.3, -0.25) is 4.79 Å². The first-order valence-corrected chi connectivity index (χ1v) is 7.43. The monoisotopic (exact) mass is 254 g/mol. The standard InChI is InChI=1S/C13H22N2OS/c1-10-6-4-5-7-15(10)13(16)8-14-9-17-12(3)11(14)2/h10H,4-9H2,1-3H3. The zero-order valence-corrected chi connectivity index (χ0v) is 11.8. The minimum atomic E-state index is 0.298. The highest BCUT2D eigenvalue weighted by Crippen LogP contribution is 2.30. The summed E-state index contributed by atoms with van der Waals surface area (Å²) < 4.78 is 0. The lowest BCUT2D eigenvalue weighted by molar-refractivity contribution is -0.135. The van der Waals surface area contributed by atoms with Gasteiger partial charge in [0.25, 0.3) is 0 Å². The second kappa shape index (κ2) is 5.34. The van der Waals surface area contributed by atoms with Crippen molar-refractivity contribution in [3.8, 4) is 0 Å². The topological polar surface area (TPSA) is 23.6 Å². The largest absolute Gasteiger partial charge is 0.356 e. The molecule has 17 heavy (non-hydrogen) atoms. The van der Waals surface area contributed by atoms with Gasteiger partial charge in [0.15, 0.2) is 0 Å². The Bertz CT molecular complexity index is 340. The molecule has 1 unspecified atom stereocenters. The molecule has 1 fully saturated rings. The number of carbonyl (C=O) groups is 1. The molecule has 3 nitrogen and oxygen atoms in total. The van der Waals surface area contributed by atoms with Crippen LogP contribution < -0.4 is 0 Å². The van der Waals surface area contributed by atoms with Gasteiger partial charge in [-0.2, -0.15) is 0 Å². The molecule has 96 valence electrons. The summed E-state index contributed by atoms with van der Waals surface area (Å²) in [5, 5.41) is 0. The summed E-state index contributed by atoms with van der Waals surface area (Å²) in [5.41, 5.74) is 1.27. The van der Waals surface area contributed by atoms with E-state index in [2.05, 4.69) is 30.6 Å². The van der Waals surface area contributed by atoms with Gasteiger partial charge >= 0.3 is 0 Å². The molecular formula is C13H22N2OS. The van der Waals surface area contributed by atoms with Crippen molar-refractivity contribution in [1.29, 1.82) is 0 Å². The van der Waals surface area contributed by atoms with Gasteiger partial charge in [-0.05, 0) is 40.0 Å². The van der Waals surface area contributed by atoms with E-state index in [9.17, 15) is 4.79 Å². The summed E-state index contributed by atoms with van der Waals surface area (Å²) in [6, 6.07) is 0.428. The lowest BCUT2D eigenvalue weighted by atomic mass is 10.0. The minimum absolute atomic E-state index is 0.298. The average molecular weight is 254 g/mol. The van der Waals surface area contributed by atoms with Gasteiger partial charge in [-0.1, -0.05) is 0 Å². The van der Waals surface area contributed by atoms with Crippen LogP contribution in [0.15, 0.2) is 10.6 Å². The van der Waals surface area contributed by atoms with E-state index in [0.717, 1.165) is 18.8 Å². The molecule has 0 N–H and O–H groups in total. The molecule has 0 aromatic carbocycles. The van der Waals surface area contributed by atoms with Gasteiger partial charge in [0, 0.05) is 23.2 Å². The van der Waals surface area contributed by atoms with Crippen LogP contribution in [0, 0.1) is 0 Å². The highest BCUT2D eigenvalue weighted by atomic mass is 32.2. The first kappa shape index (κ1) is 12.8. The summed E-state index contributed by atoms with van der Waals surface area (Å²) in [7, 11) is 0. The number of nitrogens with zero attached hydrogens (tertiary/aromatic N) is 2. The van der Waals surface area contributed by atoms with E-state index in [-0.39, 0.29) is 0 Å². The number of piperidine rings is 1. The minimum Gasteiger partial charge on any atom is -0.356 e. The Morgan fingerprint density at radius 1 is 1.41 bits per heavy atom. The number of carbonyl (C=O) groups excluding carboxylic acids is 1. The van der Waals surface area contributed by atoms with Crippen molar-refractivity contribution in [3.63, 3.8) is 0 Å². The third-order valence-electron chi connectivity index (χ3n) is 3.87. The smallest absolute Gasteiger partial charge is 0.242 e. The number of amides is 1. The van der Waals surface area contributed by atoms with Crippen molar-refractivity contribution in [1.82, 2.24) is 9.80 Å². The predicted octanol–water partition coefficient (Wildman–Crippen LogP) is 2.65. The summed E-state index contributed by atoms with van der Waals surface area (Å²) >= 11 is 1.84. The SMILES string of the molecule is CC1=C(C)N(CC(=O)N2CCCCC2C)CS1. The first-order chi connectivity index (χ1) is 8.09. The molecule has 1 saturated heterocycles. The molecule has 0 bridgehead atoms. The fourth-order valence-corrected chi connectivity index (χ4v) is 3.46. The molecule has 0 aromatic heterocycles. The maximum atomic E-state index is 12.3. The van der Waals surface area contributed by atoms with Gasteiger partial charge in [0.1, 0.15) is 0 Å². The van der Waals surface area contributed by atoms with Gasteiger partial charge in [-0.25, -0.2) is 0 Å². The first-order valence-electron chi connectivity index (χ1n) is 6.44. The predicted molar refractivity (Wildman–Crippen MR) is 72.6 cm³/mol. The zero-order valence-electron chi connectivity index (χ0n) is 11.0. The van der Waals surface area contributed by atoms with E-state index in [1.165, 1.54) is 23.4 Å². The Hall–Kier alpha value is -0.640. The zero-order chi connectivity index (χ0) is 12.4. The Balaban J connectivity index is 1.93. The molecule has 0 spiro atoms. The number of allylic oxidation sites excluding steroid dienone is 2. The van der Waals surface area contributed by atoms with Crippen LogP contribution in [0.4, 0.5) is 0 Å². The van der Waals surface area contributed by atoms with Crippen LogP contribution in [0.5, 0.6) is 0 Å². The Labute approximate surface area is 108 Å². The van der Waals surface area contributed by atoms with E-state index < -0.39 is 0 Å². The van der Waals surface area contributed by atoms with Crippen molar-refractivity contribution in [2.45, 2.75) is 46.1 Å². The van der Waals surface area contributed by atoms with Crippen molar-refractivity contribution < 1.29 is 4.79 Å². The third-order valence-corrected chi connectivity index (χ3v) is 5.04. The highest BCUT2D eigenvalue weighted by molar-refractivity contribution is 8.03.